The molecule has 0 saturated heterocycles. The van der Waals surface area contributed by atoms with Crippen molar-refractivity contribution in [3.05, 3.63) is 249 Å². The Morgan fingerprint density at radius 3 is 1.25 bits per heavy atom. The van der Waals surface area contributed by atoms with E-state index in [1.165, 1.54) is 76.0 Å². The Balaban J connectivity index is 1.05. The molecule has 1 heterocycles. The van der Waals surface area contributed by atoms with Crippen molar-refractivity contribution >= 4 is 56.7 Å². The fourth-order valence-electron chi connectivity index (χ4n) is 9.51. The largest absolute Gasteiger partial charge is 0.310 e. The molecule has 0 amide bonds. The zero-order chi connectivity index (χ0) is 39.9. The summed E-state index contributed by atoms with van der Waals surface area (Å²) in [4.78, 5) is 2.38. The van der Waals surface area contributed by atoms with Crippen LogP contribution in [0.5, 0.6) is 0 Å². The second-order valence-corrected chi connectivity index (χ2v) is 19.4. The fourth-order valence-corrected chi connectivity index (χ4v) is 14.7. The van der Waals surface area contributed by atoms with Crippen LogP contribution in [-0.4, -0.2) is 8.07 Å². The first-order valence-electron chi connectivity index (χ1n) is 20.7. The summed E-state index contributed by atoms with van der Waals surface area (Å²) in [7, 11) is -2.72. The van der Waals surface area contributed by atoms with Crippen molar-refractivity contribution in [2.24, 2.45) is 0 Å². The van der Waals surface area contributed by atoms with E-state index in [4.69, 9.17) is 0 Å². The SMILES string of the molecule is c1ccc(-c2ccc(-c3cccc(N(c4ccccc4)c4cccc(-c5ccc6c(c5)[Si](c5ccccc5)(c5ccccc5)c5cc7ccccc7cc5-6)c4)c3)cc2)cc1. The molecule has 0 fully saturated rings. The van der Waals surface area contributed by atoms with Crippen molar-refractivity contribution in [2.75, 3.05) is 4.90 Å². The third-order valence-electron chi connectivity index (χ3n) is 12.3. The summed E-state index contributed by atoms with van der Waals surface area (Å²) in [5.74, 6) is 0. The van der Waals surface area contributed by atoms with Gasteiger partial charge in [0.15, 0.2) is 8.07 Å². The Bertz CT molecular complexity index is 3080. The number of rotatable bonds is 8. The molecule has 0 radical (unpaired) electrons. The lowest BCUT2D eigenvalue weighted by Crippen LogP contribution is -2.72. The fraction of sp³-hybridized carbons (Fsp3) is 0. The van der Waals surface area contributed by atoms with Crippen molar-refractivity contribution in [1.29, 1.82) is 0 Å². The van der Waals surface area contributed by atoms with E-state index in [2.05, 4.69) is 254 Å². The number of anilines is 3. The van der Waals surface area contributed by atoms with Gasteiger partial charge in [-0.2, -0.15) is 0 Å². The number of fused-ring (bicyclic) bond motifs is 4. The maximum atomic E-state index is 2.53. The quantitative estimate of drug-likeness (QED) is 0.139. The Kier molecular flexibility index (Phi) is 8.91. The highest BCUT2D eigenvalue weighted by atomic mass is 28.3. The molecule has 1 nitrogen and oxygen atoms in total. The highest BCUT2D eigenvalue weighted by molar-refractivity contribution is 7.22. The Labute approximate surface area is 353 Å². The predicted molar refractivity (Wildman–Crippen MR) is 258 cm³/mol. The summed E-state index contributed by atoms with van der Waals surface area (Å²) in [5, 5.41) is 8.28. The summed E-state index contributed by atoms with van der Waals surface area (Å²) in [6.07, 6.45) is 0. The summed E-state index contributed by atoms with van der Waals surface area (Å²) in [6, 6.07) is 91.8. The first kappa shape index (κ1) is 35.6. The van der Waals surface area contributed by atoms with Crippen LogP contribution in [0.1, 0.15) is 0 Å². The van der Waals surface area contributed by atoms with E-state index >= 15 is 0 Å². The lowest BCUT2D eigenvalue weighted by molar-refractivity contribution is 1.28. The molecular weight excluding hydrogens is 739 g/mol. The minimum atomic E-state index is -2.72. The molecule has 282 valence electrons. The monoisotopic (exact) mass is 779 g/mol. The van der Waals surface area contributed by atoms with Crippen LogP contribution in [0, 0.1) is 0 Å². The molecule has 0 aliphatic carbocycles. The highest BCUT2D eigenvalue weighted by Crippen LogP contribution is 2.40. The van der Waals surface area contributed by atoms with Crippen molar-refractivity contribution in [2.45, 2.75) is 0 Å². The molecule has 0 bridgehead atoms. The molecular formula is C58H41NSi. The first-order chi connectivity index (χ1) is 29.7. The van der Waals surface area contributed by atoms with E-state index in [0.29, 0.717) is 0 Å². The van der Waals surface area contributed by atoms with Gasteiger partial charge in [-0.05, 0) is 118 Å². The molecule has 0 unspecified atom stereocenters. The molecule has 10 aromatic rings. The second kappa shape index (κ2) is 15.0. The lowest BCUT2D eigenvalue weighted by atomic mass is 9.98. The zero-order valence-corrected chi connectivity index (χ0v) is 34.1. The van der Waals surface area contributed by atoms with Gasteiger partial charge in [0.05, 0.1) is 0 Å². The van der Waals surface area contributed by atoms with E-state index in [0.717, 1.165) is 17.1 Å². The maximum Gasteiger partial charge on any atom is 0.180 e. The Morgan fingerprint density at radius 2 is 0.650 bits per heavy atom. The molecule has 60 heavy (non-hydrogen) atoms. The van der Waals surface area contributed by atoms with Gasteiger partial charge < -0.3 is 4.90 Å². The summed E-state index contributed by atoms with van der Waals surface area (Å²) in [5.41, 5.74) is 13.3. The molecule has 1 aliphatic rings. The smallest absolute Gasteiger partial charge is 0.180 e. The van der Waals surface area contributed by atoms with Gasteiger partial charge in [-0.3, -0.25) is 0 Å². The minimum Gasteiger partial charge on any atom is -0.310 e. The Morgan fingerprint density at radius 1 is 0.250 bits per heavy atom. The van der Waals surface area contributed by atoms with Crippen LogP contribution < -0.4 is 25.6 Å². The van der Waals surface area contributed by atoms with Gasteiger partial charge in [0.25, 0.3) is 0 Å². The van der Waals surface area contributed by atoms with Crippen LogP contribution in [0.15, 0.2) is 249 Å². The standard InChI is InChI=1S/C58H41NSi/c1-5-17-42(18-6-1)43-31-33-44(34-32-43)45-21-15-25-51(37-45)59(50-23-7-2-8-24-50)52-26-16-22-46(38-52)49-35-36-55-56-39-47-19-13-14-20-48(47)40-58(56)60(57(55)41-49,53-27-9-3-10-28-53)54-29-11-4-12-30-54/h1-41H. The van der Waals surface area contributed by atoms with Gasteiger partial charge in [-0.15, -0.1) is 0 Å². The third kappa shape index (κ3) is 6.09. The van der Waals surface area contributed by atoms with E-state index in [-0.39, 0.29) is 0 Å². The molecule has 2 heteroatoms. The van der Waals surface area contributed by atoms with Crippen molar-refractivity contribution < 1.29 is 0 Å². The van der Waals surface area contributed by atoms with E-state index < -0.39 is 8.07 Å². The number of benzene rings is 10. The number of hydrogen-bond acceptors (Lipinski definition) is 1. The Hall–Kier alpha value is -7.52. The van der Waals surface area contributed by atoms with Gasteiger partial charge in [0.1, 0.15) is 0 Å². The van der Waals surface area contributed by atoms with Gasteiger partial charge >= 0.3 is 0 Å². The molecule has 0 saturated carbocycles. The molecule has 0 spiro atoms. The van der Waals surface area contributed by atoms with Gasteiger partial charge in [0.2, 0.25) is 0 Å². The summed E-state index contributed by atoms with van der Waals surface area (Å²) in [6.45, 7) is 0. The molecule has 0 N–H and O–H groups in total. The average Bonchev–Trinajstić information content (AvgIpc) is 3.61. The van der Waals surface area contributed by atoms with Gasteiger partial charge in [-0.1, -0.05) is 206 Å². The molecule has 0 atom stereocenters. The first-order valence-corrected chi connectivity index (χ1v) is 22.7. The van der Waals surface area contributed by atoms with Crippen LogP contribution in [-0.2, 0) is 0 Å². The van der Waals surface area contributed by atoms with E-state index in [9.17, 15) is 0 Å². The number of nitrogens with zero attached hydrogens (tertiary/aromatic N) is 1. The summed E-state index contributed by atoms with van der Waals surface area (Å²) >= 11 is 0. The van der Waals surface area contributed by atoms with Crippen LogP contribution in [0.25, 0.3) is 55.3 Å². The van der Waals surface area contributed by atoms with E-state index in [1.54, 1.807) is 0 Å². The molecule has 1 aliphatic heterocycles. The molecule has 11 rings (SSSR count). The summed E-state index contributed by atoms with van der Waals surface area (Å²) < 4.78 is 0. The van der Waals surface area contributed by atoms with Crippen LogP contribution in [0.3, 0.4) is 0 Å². The van der Waals surface area contributed by atoms with Crippen LogP contribution in [0.4, 0.5) is 17.1 Å². The third-order valence-corrected chi connectivity index (χ3v) is 17.1. The van der Waals surface area contributed by atoms with Gasteiger partial charge in [-0.25, -0.2) is 0 Å². The van der Waals surface area contributed by atoms with Crippen molar-refractivity contribution in [3.63, 3.8) is 0 Å². The minimum absolute atomic E-state index is 1.11. The average molecular weight is 780 g/mol. The number of hydrogen-bond donors (Lipinski definition) is 0. The van der Waals surface area contributed by atoms with E-state index in [1.807, 2.05) is 0 Å². The van der Waals surface area contributed by atoms with Crippen molar-refractivity contribution in [1.82, 2.24) is 0 Å². The topological polar surface area (TPSA) is 3.24 Å². The second-order valence-electron chi connectivity index (χ2n) is 15.7. The van der Waals surface area contributed by atoms with Crippen LogP contribution in [0.2, 0.25) is 0 Å². The predicted octanol–water partition coefficient (Wildman–Crippen LogP) is 12.7. The highest BCUT2D eigenvalue weighted by Gasteiger charge is 2.49. The molecule has 10 aromatic carbocycles. The zero-order valence-electron chi connectivity index (χ0n) is 33.1. The molecule has 0 aromatic heterocycles. The normalized spacial score (nSPS) is 12.5. The van der Waals surface area contributed by atoms with Gasteiger partial charge in [0, 0.05) is 17.1 Å². The maximum absolute atomic E-state index is 2.72. The van der Waals surface area contributed by atoms with Crippen molar-refractivity contribution in [3.8, 4) is 44.5 Å². The lowest BCUT2D eigenvalue weighted by Gasteiger charge is -2.31. The van der Waals surface area contributed by atoms with Crippen LogP contribution >= 0.6 is 0 Å². The number of para-hydroxylation sites is 1.